The number of hydrogen-bond donors (Lipinski definition) is 2. The molecule has 0 saturated carbocycles. The Morgan fingerprint density at radius 3 is 1.12 bits per heavy atom. The SMILES string of the molecule is IC1=Cc2nc1c(-c1ccccc1)c1ccc([nH]1)c(-c1ccccc1)c1nc(c(-c3ccccc3)c3ccc([nH]3)c2-c2ccccc2)C=C1. The Morgan fingerprint density at radius 2 is 0.714 bits per heavy atom. The van der Waals surface area contributed by atoms with Gasteiger partial charge in [-0.15, -0.1) is 0 Å². The van der Waals surface area contributed by atoms with E-state index >= 15 is 0 Å². The average molecular weight is 741 g/mol. The van der Waals surface area contributed by atoms with Crippen molar-refractivity contribution in [2.24, 2.45) is 0 Å². The monoisotopic (exact) mass is 740 g/mol. The van der Waals surface area contributed by atoms with Crippen LogP contribution in [-0.2, 0) is 0 Å². The van der Waals surface area contributed by atoms with Crippen molar-refractivity contribution in [2.75, 3.05) is 0 Å². The number of aromatic amines is 2. The summed E-state index contributed by atoms with van der Waals surface area (Å²) in [7, 11) is 0. The minimum atomic E-state index is 0.906. The number of nitrogens with one attached hydrogen (secondary N) is 2. The van der Waals surface area contributed by atoms with Crippen LogP contribution in [0.3, 0.4) is 0 Å². The van der Waals surface area contributed by atoms with Gasteiger partial charge in [-0.05, 0) is 87.3 Å². The van der Waals surface area contributed by atoms with Gasteiger partial charge >= 0.3 is 0 Å². The number of halogens is 1. The van der Waals surface area contributed by atoms with Gasteiger partial charge in [0.1, 0.15) is 0 Å². The molecule has 2 aliphatic rings. The maximum Gasteiger partial charge on any atom is 0.0870 e. The highest BCUT2D eigenvalue weighted by Crippen LogP contribution is 2.41. The van der Waals surface area contributed by atoms with Gasteiger partial charge in [0, 0.05) is 47.9 Å². The molecule has 7 aromatic rings. The summed E-state index contributed by atoms with van der Waals surface area (Å²) in [4.78, 5) is 18.4. The molecule has 0 fully saturated rings. The Hall–Kier alpha value is -5.79. The van der Waals surface area contributed by atoms with E-state index in [1.807, 2.05) is 0 Å². The fourth-order valence-corrected chi connectivity index (χ4v) is 7.56. The van der Waals surface area contributed by atoms with E-state index in [1.165, 1.54) is 0 Å². The second-order valence-corrected chi connectivity index (χ2v) is 13.3. The standard InChI is InChI=1S/C44H29IN4/c45-32-27-39-42(30-17-9-3-10-18-30)37-24-23-35(47-37)40(28-13-5-1-6-14-28)33-21-22-34(46-33)41(29-15-7-2-8-16-29)36-25-26-38(48-36)43(44(32)49-39)31-19-11-4-12-20-31/h1-27,47-48H. The first-order valence-electron chi connectivity index (χ1n) is 16.3. The van der Waals surface area contributed by atoms with Crippen molar-refractivity contribution in [3.8, 4) is 44.5 Å². The molecule has 0 atom stereocenters. The fourth-order valence-electron chi connectivity index (χ4n) is 6.88. The minimum absolute atomic E-state index is 0.906. The zero-order valence-corrected chi connectivity index (χ0v) is 28.5. The van der Waals surface area contributed by atoms with Crippen LogP contribution >= 0.6 is 22.6 Å². The minimum Gasteiger partial charge on any atom is -0.354 e. The smallest absolute Gasteiger partial charge is 0.0870 e. The van der Waals surface area contributed by atoms with Crippen LogP contribution in [0.5, 0.6) is 0 Å². The molecule has 8 bridgehead atoms. The van der Waals surface area contributed by atoms with Gasteiger partial charge in [-0.3, -0.25) is 0 Å². The van der Waals surface area contributed by atoms with Gasteiger partial charge in [0.2, 0.25) is 0 Å². The second-order valence-electron chi connectivity index (χ2n) is 12.1. The van der Waals surface area contributed by atoms with Crippen molar-refractivity contribution in [1.82, 2.24) is 19.9 Å². The number of H-pyrrole nitrogens is 2. The van der Waals surface area contributed by atoms with Crippen molar-refractivity contribution in [3.05, 3.63) is 168 Å². The predicted octanol–water partition coefficient (Wildman–Crippen LogP) is 12.1. The number of benzene rings is 4. The number of hydrogen-bond acceptors (Lipinski definition) is 2. The Morgan fingerprint density at radius 1 is 0.367 bits per heavy atom. The molecule has 0 saturated heterocycles. The third-order valence-electron chi connectivity index (χ3n) is 9.07. The van der Waals surface area contributed by atoms with Crippen molar-refractivity contribution in [1.29, 1.82) is 0 Å². The van der Waals surface area contributed by atoms with Crippen LogP contribution in [0.2, 0.25) is 0 Å². The van der Waals surface area contributed by atoms with Crippen molar-refractivity contribution in [2.45, 2.75) is 0 Å². The number of rotatable bonds is 4. The molecule has 2 N–H and O–H groups in total. The van der Waals surface area contributed by atoms with Gasteiger partial charge in [0.15, 0.2) is 0 Å². The van der Waals surface area contributed by atoms with Gasteiger partial charge in [0.05, 0.1) is 22.8 Å². The molecule has 0 amide bonds. The number of fused-ring (bicyclic) bond motifs is 8. The molecule has 9 rings (SSSR count). The molecular weight excluding hydrogens is 711 g/mol. The van der Waals surface area contributed by atoms with E-state index in [0.29, 0.717) is 0 Å². The third kappa shape index (κ3) is 5.32. The highest BCUT2D eigenvalue weighted by molar-refractivity contribution is 14.1. The molecule has 0 unspecified atom stereocenters. The van der Waals surface area contributed by atoms with E-state index < -0.39 is 0 Å². The maximum absolute atomic E-state index is 5.44. The summed E-state index contributed by atoms with van der Waals surface area (Å²) < 4.78 is 1.08. The molecule has 3 aromatic heterocycles. The first-order chi connectivity index (χ1) is 24.2. The summed E-state index contributed by atoms with van der Waals surface area (Å²) in [6.45, 7) is 0. The lowest BCUT2D eigenvalue weighted by atomic mass is 10.0. The fraction of sp³-hybridized carbons (Fsp3) is 0. The maximum atomic E-state index is 5.44. The van der Waals surface area contributed by atoms with Gasteiger partial charge in [-0.2, -0.15) is 0 Å². The Balaban J connectivity index is 1.50. The summed E-state index contributed by atoms with van der Waals surface area (Å²) in [5.74, 6) is 0. The summed E-state index contributed by atoms with van der Waals surface area (Å²) >= 11 is 2.45. The topological polar surface area (TPSA) is 57.4 Å². The van der Waals surface area contributed by atoms with Crippen molar-refractivity contribution >= 4 is 66.5 Å². The number of aromatic nitrogens is 4. The molecule has 49 heavy (non-hydrogen) atoms. The Bertz CT molecular complexity index is 2580. The van der Waals surface area contributed by atoms with E-state index in [-0.39, 0.29) is 0 Å². The van der Waals surface area contributed by atoms with Crippen molar-refractivity contribution in [3.63, 3.8) is 0 Å². The summed E-state index contributed by atoms with van der Waals surface area (Å²) in [5, 5.41) is 0. The zero-order valence-electron chi connectivity index (χ0n) is 26.4. The van der Waals surface area contributed by atoms with Crippen molar-refractivity contribution < 1.29 is 0 Å². The first kappa shape index (κ1) is 29.4. The number of nitrogens with zero attached hydrogens (tertiary/aromatic N) is 2. The molecule has 0 radical (unpaired) electrons. The third-order valence-corrected chi connectivity index (χ3v) is 9.89. The average Bonchev–Trinajstić information content (AvgIpc) is 3.98. The van der Waals surface area contributed by atoms with Gasteiger partial charge in [-0.25, -0.2) is 9.97 Å². The molecule has 5 heterocycles. The molecule has 4 nitrogen and oxygen atoms in total. The molecule has 0 aliphatic carbocycles. The lowest BCUT2D eigenvalue weighted by Gasteiger charge is -2.07. The van der Waals surface area contributed by atoms with Gasteiger partial charge < -0.3 is 9.97 Å². The van der Waals surface area contributed by atoms with Gasteiger partial charge in [0.25, 0.3) is 0 Å². The Labute approximate surface area is 297 Å². The van der Waals surface area contributed by atoms with Gasteiger partial charge in [-0.1, -0.05) is 121 Å². The highest BCUT2D eigenvalue weighted by Gasteiger charge is 2.21. The molecule has 5 heteroatoms. The first-order valence-corrected chi connectivity index (χ1v) is 17.4. The molecule has 4 aromatic carbocycles. The van der Waals surface area contributed by atoms with Crippen LogP contribution in [-0.4, -0.2) is 19.9 Å². The van der Waals surface area contributed by atoms with Crippen LogP contribution < -0.4 is 0 Å². The summed E-state index contributed by atoms with van der Waals surface area (Å²) in [6, 6.07) is 50.8. The zero-order chi connectivity index (χ0) is 32.7. The molecular formula is C44H29IN4. The van der Waals surface area contributed by atoms with Crippen LogP contribution in [0.1, 0.15) is 22.8 Å². The van der Waals surface area contributed by atoms with Crippen LogP contribution in [0.25, 0.3) is 88.4 Å². The molecule has 2 aliphatic heterocycles. The lowest BCUT2D eigenvalue weighted by Crippen LogP contribution is -1.90. The quantitative estimate of drug-likeness (QED) is 0.177. The molecule has 0 spiro atoms. The van der Waals surface area contributed by atoms with E-state index in [0.717, 1.165) is 92.9 Å². The summed E-state index contributed by atoms with van der Waals surface area (Å²) in [5.41, 5.74) is 16.2. The highest BCUT2D eigenvalue weighted by atomic mass is 127. The Kier molecular flexibility index (Phi) is 7.39. The summed E-state index contributed by atoms with van der Waals surface area (Å²) in [6.07, 6.45) is 6.48. The van der Waals surface area contributed by atoms with E-state index in [9.17, 15) is 0 Å². The van der Waals surface area contributed by atoms with Crippen LogP contribution in [0.15, 0.2) is 146 Å². The van der Waals surface area contributed by atoms with Crippen LogP contribution in [0, 0.1) is 0 Å². The van der Waals surface area contributed by atoms with E-state index in [4.69, 9.17) is 9.97 Å². The van der Waals surface area contributed by atoms with E-state index in [2.05, 4.69) is 196 Å². The second kappa shape index (κ2) is 12.3. The predicted molar refractivity (Wildman–Crippen MR) is 214 cm³/mol. The van der Waals surface area contributed by atoms with E-state index in [1.54, 1.807) is 0 Å². The molecule has 232 valence electrons. The lowest BCUT2D eigenvalue weighted by molar-refractivity contribution is 1.31. The largest absolute Gasteiger partial charge is 0.354 e. The normalized spacial score (nSPS) is 12.2. The van der Waals surface area contributed by atoms with Crippen LogP contribution in [0.4, 0.5) is 0 Å².